The van der Waals surface area contributed by atoms with Crippen molar-refractivity contribution < 1.29 is 12.9 Å². The van der Waals surface area contributed by atoms with Gasteiger partial charge in [0, 0.05) is 17.6 Å². The highest BCUT2D eigenvalue weighted by atomic mass is 79.9. The maximum Gasteiger partial charge on any atom is 0.302 e. The van der Waals surface area contributed by atoms with Crippen molar-refractivity contribution >= 4 is 27.3 Å². The molecule has 1 aliphatic heterocycles. The van der Waals surface area contributed by atoms with Crippen molar-refractivity contribution in [2.75, 3.05) is 19.6 Å². The number of hydrogen-bond acceptors (Lipinski definition) is 3. The van der Waals surface area contributed by atoms with E-state index in [4.69, 9.17) is 4.18 Å². The monoisotopic (exact) mass is 361 g/mol. The molecule has 1 atom stereocenters. The quantitative estimate of drug-likeness (QED) is 0.817. The van der Waals surface area contributed by atoms with Gasteiger partial charge in [0.1, 0.15) is 5.60 Å². The second-order valence-electron chi connectivity index (χ2n) is 5.14. The number of likely N-dealkylation sites (tertiary alicyclic amines) is 1. The van der Waals surface area contributed by atoms with Crippen LogP contribution in [0.25, 0.3) is 0 Å². The first-order valence-electron chi connectivity index (χ1n) is 6.84. The van der Waals surface area contributed by atoms with Crippen molar-refractivity contribution in [3.05, 3.63) is 34.3 Å². The number of halogens is 1. The Balaban J connectivity index is 2.19. The number of hydrogen-bond donors (Lipinski definition) is 1. The van der Waals surface area contributed by atoms with E-state index in [2.05, 4.69) is 27.8 Å². The molecule has 1 aromatic rings. The van der Waals surface area contributed by atoms with Gasteiger partial charge in [-0.3, -0.25) is 8.74 Å². The lowest BCUT2D eigenvalue weighted by atomic mass is 9.84. The Hall–Kier alpha value is -0.270. The van der Waals surface area contributed by atoms with Gasteiger partial charge in [0.2, 0.25) is 0 Å². The minimum atomic E-state index is -2.25. The van der Waals surface area contributed by atoms with Gasteiger partial charge in [0.05, 0.1) is 0 Å². The molecule has 1 N–H and O–H groups in total. The Morgan fingerprint density at radius 3 is 2.45 bits per heavy atom. The number of rotatable bonds is 5. The van der Waals surface area contributed by atoms with E-state index >= 15 is 0 Å². The first-order chi connectivity index (χ1) is 9.55. The zero-order valence-corrected chi connectivity index (χ0v) is 14.0. The standard InChI is InChI=1S/C14H20BrNO3S/c1-2-9-16-10-7-14(8-11-16,19-20(17)18)12-3-5-13(15)6-4-12/h3-6H,2,7-11H2,1H3,(H,17,18). The summed E-state index contributed by atoms with van der Waals surface area (Å²) in [5.74, 6) is 0. The van der Waals surface area contributed by atoms with Crippen LogP contribution in [0.15, 0.2) is 28.7 Å². The summed E-state index contributed by atoms with van der Waals surface area (Å²) >= 11 is 1.16. The van der Waals surface area contributed by atoms with Gasteiger partial charge < -0.3 is 4.90 Å². The molecule has 4 nitrogen and oxygen atoms in total. The first-order valence-corrected chi connectivity index (χ1v) is 8.67. The highest BCUT2D eigenvalue weighted by Crippen LogP contribution is 2.37. The maximum absolute atomic E-state index is 11.2. The summed E-state index contributed by atoms with van der Waals surface area (Å²) < 4.78 is 26.8. The molecule has 1 fully saturated rings. The summed E-state index contributed by atoms with van der Waals surface area (Å²) in [7, 11) is 0. The molecule has 1 heterocycles. The molecule has 6 heteroatoms. The second-order valence-corrected chi connectivity index (χ2v) is 6.66. The highest BCUT2D eigenvalue weighted by Gasteiger charge is 2.39. The Kier molecular flexibility index (Phi) is 5.74. The Labute approximate surface area is 131 Å². The molecule has 1 aliphatic rings. The van der Waals surface area contributed by atoms with Gasteiger partial charge in [-0.1, -0.05) is 35.0 Å². The predicted molar refractivity (Wildman–Crippen MR) is 83.6 cm³/mol. The highest BCUT2D eigenvalue weighted by molar-refractivity contribution is 9.10. The Bertz CT molecular complexity index is 458. The predicted octanol–water partition coefficient (Wildman–Crippen LogP) is 3.30. The van der Waals surface area contributed by atoms with Crippen LogP contribution >= 0.6 is 15.9 Å². The summed E-state index contributed by atoms with van der Waals surface area (Å²) in [5.41, 5.74) is 0.323. The number of nitrogens with zero attached hydrogens (tertiary/aromatic N) is 1. The minimum absolute atomic E-state index is 0.648. The molecule has 0 aromatic heterocycles. The number of benzene rings is 1. The van der Waals surface area contributed by atoms with Gasteiger partial charge in [-0.15, -0.1) is 0 Å². The topological polar surface area (TPSA) is 49.8 Å². The smallest absolute Gasteiger partial charge is 0.302 e. The van der Waals surface area contributed by atoms with Crippen LogP contribution in [0.4, 0.5) is 0 Å². The van der Waals surface area contributed by atoms with E-state index in [1.54, 1.807) is 0 Å². The zero-order chi connectivity index (χ0) is 14.6. The van der Waals surface area contributed by atoms with Crippen molar-refractivity contribution in [1.82, 2.24) is 4.90 Å². The lowest BCUT2D eigenvalue weighted by Crippen LogP contribution is -2.44. The lowest BCUT2D eigenvalue weighted by molar-refractivity contribution is 0.00158. The fourth-order valence-electron chi connectivity index (χ4n) is 2.76. The lowest BCUT2D eigenvalue weighted by Gasteiger charge is -2.40. The van der Waals surface area contributed by atoms with Crippen LogP contribution in [0.5, 0.6) is 0 Å². The van der Waals surface area contributed by atoms with E-state index in [9.17, 15) is 8.76 Å². The molecule has 0 amide bonds. The van der Waals surface area contributed by atoms with Crippen molar-refractivity contribution in [2.24, 2.45) is 0 Å². The van der Waals surface area contributed by atoms with E-state index in [-0.39, 0.29) is 0 Å². The second kappa shape index (κ2) is 7.13. The third-order valence-corrected chi connectivity index (χ3v) is 4.79. The van der Waals surface area contributed by atoms with E-state index in [0.29, 0.717) is 0 Å². The molecule has 0 aliphatic carbocycles. The molecular formula is C14H20BrNO3S. The van der Waals surface area contributed by atoms with Gasteiger partial charge in [0.25, 0.3) is 0 Å². The molecule has 1 saturated heterocycles. The minimum Gasteiger partial charge on any atom is -0.303 e. The van der Waals surface area contributed by atoms with Crippen molar-refractivity contribution in [3.8, 4) is 0 Å². The van der Waals surface area contributed by atoms with E-state index in [0.717, 1.165) is 48.9 Å². The Morgan fingerprint density at radius 2 is 1.95 bits per heavy atom. The SMILES string of the molecule is CCCN1CCC(OS(=O)O)(c2ccc(Br)cc2)CC1. The fraction of sp³-hybridized carbons (Fsp3) is 0.571. The van der Waals surface area contributed by atoms with Gasteiger partial charge in [-0.25, -0.2) is 0 Å². The molecule has 1 aromatic carbocycles. The van der Waals surface area contributed by atoms with Gasteiger partial charge in [-0.2, -0.15) is 4.21 Å². The average molecular weight is 362 g/mol. The molecule has 2 rings (SSSR count). The van der Waals surface area contributed by atoms with Crippen LogP contribution < -0.4 is 0 Å². The molecule has 0 saturated carbocycles. The average Bonchev–Trinajstić information content (AvgIpc) is 2.41. The largest absolute Gasteiger partial charge is 0.303 e. The number of piperidine rings is 1. The third kappa shape index (κ3) is 3.89. The van der Waals surface area contributed by atoms with E-state index < -0.39 is 17.0 Å². The zero-order valence-electron chi connectivity index (χ0n) is 11.5. The fourth-order valence-corrected chi connectivity index (χ4v) is 3.56. The third-order valence-electron chi connectivity index (χ3n) is 3.80. The molecule has 0 radical (unpaired) electrons. The molecule has 0 spiro atoms. The van der Waals surface area contributed by atoms with Crippen LogP contribution in [-0.4, -0.2) is 33.3 Å². The van der Waals surface area contributed by atoms with Gasteiger partial charge >= 0.3 is 11.4 Å². The summed E-state index contributed by atoms with van der Waals surface area (Å²) in [5, 5.41) is 0. The first kappa shape index (κ1) is 16.1. The molecule has 0 bridgehead atoms. The van der Waals surface area contributed by atoms with Crippen LogP contribution in [0.1, 0.15) is 31.7 Å². The maximum atomic E-state index is 11.2. The molecule has 1 unspecified atom stereocenters. The van der Waals surface area contributed by atoms with E-state index in [1.807, 2.05) is 24.3 Å². The molecular weight excluding hydrogens is 342 g/mol. The molecule has 112 valence electrons. The van der Waals surface area contributed by atoms with Crippen LogP contribution in [0.3, 0.4) is 0 Å². The van der Waals surface area contributed by atoms with Crippen molar-refractivity contribution in [1.29, 1.82) is 0 Å². The van der Waals surface area contributed by atoms with Crippen molar-refractivity contribution in [3.63, 3.8) is 0 Å². The van der Waals surface area contributed by atoms with Gasteiger partial charge in [-0.05, 0) is 43.5 Å². The summed E-state index contributed by atoms with van der Waals surface area (Å²) in [6, 6.07) is 7.82. The van der Waals surface area contributed by atoms with Crippen LogP contribution in [0.2, 0.25) is 0 Å². The summed E-state index contributed by atoms with van der Waals surface area (Å²) in [6.45, 7) is 5.01. The van der Waals surface area contributed by atoms with Crippen LogP contribution in [0, 0.1) is 0 Å². The molecule has 20 heavy (non-hydrogen) atoms. The van der Waals surface area contributed by atoms with Gasteiger partial charge in [0.15, 0.2) is 0 Å². The summed E-state index contributed by atoms with van der Waals surface area (Å²) in [4.78, 5) is 2.38. The summed E-state index contributed by atoms with van der Waals surface area (Å²) in [6.07, 6.45) is 2.60. The normalized spacial score (nSPS) is 20.8. The van der Waals surface area contributed by atoms with Crippen molar-refractivity contribution in [2.45, 2.75) is 31.8 Å². The Morgan fingerprint density at radius 1 is 1.35 bits per heavy atom. The van der Waals surface area contributed by atoms with Crippen LogP contribution in [-0.2, 0) is 21.1 Å². The van der Waals surface area contributed by atoms with E-state index in [1.165, 1.54) is 0 Å².